The summed E-state index contributed by atoms with van der Waals surface area (Å²) in [6.07, 6.45) is 0.589. The first-order chi connectivity index (χ1) is 16.0. The highest BCUT2D eigenvalue weighted by Gasteiger charge is 2.21. The lowest BCUT2D eigenvalue weighted by atomic mass is 10.1. The Morgan fingerprint density at radius 1 is 1.18 bits per heavy atom. The van der Waals surface area contributed by atoms with Gasteiger partial charge in [-0.1, -0.05) is 17.4 Å². The number of hydrogen-bond acceptors (Lipinski definition) is 8. The van der Waals surface area contributed by atoms with E-state index in [9.17, 15) is 9.59 Å². The SMILES string of the molecule is COc1ccc(CCNC(=O)c2sc(=S)n3c2[nH]c(=O)c2cc4c(cc23)OCO4)cc1OC. The number of methoxy groups -OCH3 is 2. The lowest BCUT2D eigenvalue weighted by Crippen LogP contribution is -2.25. The summed E-state index contributed by atoms with van der Waals surface area (Å²) >= 11 is 6.65. The molecule has 0 saturated heterocycles. The second kappa shape index (κ2) is 8.41. The fourth-order valence-corrected chi connectivity index (χ4v) is 5.07. The first-order valence-corrected chi connectivity index (χ1v) is 11.2. The molecule has 0 radical (unpaired) electrons. The number of rotatable bonds is 6. The van der Waals surface area contributed by atoms with Crippen LogP contribution < -0.4 is 29.8 Å². The van der Waals surface area contributed by atoms with Crippen LogP contribution in [-0.4, -0.2) is 42.8 Å². The van der Waals surface area contributed by atoms with E-state index in [4.69, 9.17) is 31.2 Å². The van der Waals surface area contributed by atoms with Gasteiger partial charge in [0.05, 0.1) is 25.1 Å². The van der Waals surface area contributed by atoms with E-state index >= 15 is 0 Å². The number of carbonyl (C=O) groups is 1. The van der Waals surface area contributed by atoms with Crippen molar-refractivity contribution in [2.75, 3.05) is 27.6 Å². The number of fused-ring (bicyclic) bond motifs is 4. The minimum absolute atomic E-state index is 0.0927. The van der Waals surface area contributed by atoms with Crippen LogP contribution in [0.15, 0.2) is 35.1 Å². The standard InChI is InChI=1S/C22H19N3O6S2/c1-28-14-4-3-11(7-15(14)29-2)5-6-23-21(27)18-19-24-20(26)12-8-16-17(31-10-30-16)9-13(12)25(19)22(32)33-18/h3-4,7-9H,5-6,10H2,1-2H3,(H,23,27)(H,24,26). The highest BCUT2D eigenvalue weighted by atomic mass is 32.1. The summed E-state index contributed by atoms with van der Waals surface area (Å²) in [5, 5.41) is 3.30. The Labute approximate surface area is 196 Å². The zero-order valence-electron chi connectivity index (χ0n) is 17.7. The van der Waals surface area contributed by atoms with Gasteiger partial charge in [0, 0.05) is 12.6 Å². The third-order valence-corrected chi connectivity index (χ3v) is 6.75. The van der Waals surface area contributed by atoms with Gasteiger partial charge >= 0.3 is 0 Å². The number of amides is 1. The molecule has 1 amide bonds. The zero-order valence-corrected chi connectivity index (χ0v) is 19.4. The molecule has 33 heavy (non-hydrogen) atoms. The fraction of sp³-hybridized carbons (Fsp3) is 0.227. The van der Waals surface area contributed by atoms with E-state index < -0.39 is 0 Å². The predicted molar refractivity (Wildman–Crippen MR) is 126 cm³/mol. The van der Waals surface area contributed by atoms with Gasteiger partial charge in [0.15, 0.2) is 27.0 Å². The predicted octanol–water partition coefficient (Wildman–Crippen LogP) is 3.29. The van der Waals surface area contributed by atoms with E-state index in [0.717, 1.165) is 16.9 Å². The van der Waals surface area contributed by atoms with E-state index in [1.165, 1.54) is 0 Å². The summed E-state index contributed by atoms with van der Waals surface area (Å²) in [5.74, 6) is 1.99. The summed E-state index contributed by atoms with van der Waals surface area (Å²) in [7, 11) is 3.16. The maximum atomic E-state index is 12.9. The van der Waals surface area contributed by atoms with Gasteiger partial charge in [0.2, 0.25) is 6.79 Å². The smallest absolute Gasteiger partial charge is 0.265 e. The van der Waals surface area contributed by atoms with Crippen molar-refractivity contribution in [1.29, 1.82) is 0 Å². The third-order valence-electron chi connectivity index (χ3n) is 5.37. The van der Waals surface area contributed by atoms with Crippen molar-refractivity contribution >= 4 is 46.0 Å². The van der Waals surface area contributed by atoms with Gasteiger partial charge in [-0.25, -0.2) is 0 Å². The van der Waals surface area contributed by atoms with Crippen molar-refractivity contribution in [2.24, 2.45) is 0 Å². The number of benzene rings is 2. The number of ether oxygens (including phenoxy) is 4. The second-order valence-electron chi connectivity index (χ2n) is 7.25. The highest BCUT2D eigenvalue weighted by Crippen LogP contribution is 2.36. The van der Waals surface area contributed by atoms with Crippen LogP contribution in [0.3, 0.4) is 0 Å². The molecule has 0 spiro atoms. The summed E-state index contributed by atoms with van der Waals surface area (Å²) in [4.78, 5) is 28.8. The first-order valence-electron chi connectivity index (χ1n) is 10.0. The molecule has 2 aromatic heterocycles. The molecule has 11 heteroatoms. The Kier molecular flexibility index (Phi) is 5.43. The molecular formula is C22H19N3O6S2. The van der Waals surface area contributed by atoms with Crippen LogP contribution in [0.2, 0.25) is 0 Å². The lowest BCUT2D eigenvalue weighted by molar-refractivity contribution is 0.0959. The fourth-order valence-electron chi connectivity index (χ4n) is 3.77. The maximum Gasteiger partial charge on any atom is 0.265 e. The molecule has 2 aromatic carbocycles. The van der Waals surface area contributed by atoms with Crippen LogP contribution in [0.5, 0.6) is 23.0 Å². The Balaban J connectivity index is 1.42. The van der Waals surface area contributed by atoms with Crippen molar-refractivity contribution in [2.45, 2.75) is 6.42 Å². The second-order valence-corrected chi connectivity index (χ2v) is 8.90. The molecule has 9 nitrogen and oxygen atoms in total. The van der Waals surface area contributed by atoms with Crippen LogP contribution in [-0.2, 0) is 6.42 Å². The quantitative estimate of drug-likeness (QED) is 0.404. The molecule has 0 bridgehead atoms. The summed E-state index contributed by atoms with van der Waals surface area (Å²) in [6.45, 7) is 0.483. The molecule has 5 rings (SSSR count). The Bertz CT molecular complexity index is 1520. The van der Waals surface area contributed by atoms with Gasteiger partial charge in [0.1, 0.15) is 10.5 Å². The van der Waals surface area contributed by atoms with Crippen molar-refractivity contribution in [1.82, 2.24) is 14.7 Å². The molecule has 0 fully saturated rings. The molecule has 0 unspecified atom stereocenters. The average molecular weight is 486 g/mol. The van der Waals surface area contributed by atoms with Gasteiger partial charge in [-0.05, 0) is 42.4 Å². The molecule has 0 aliphatic carbocycles. The van der Waals surface area contributed by atoms with Crippen LogP contribution in [0.1, 0.15) is 15.2 Å². The number of aromatic nitrogens is 2. The van der Waals surface area contributed by atoms with Crippen molar-refractivity contribution in [3.8, 4) is 23.0 Å². The van der Waals surface area contributed by atoms with Crippen molar-refractivity contribution < 1.29 is 23.7 Å². The Morgan fingerprint density at radius 2 is 1.94 bits per heavy atom. The number of aromatic amines is 1. The number of hydrogen-bond donors (Lipinski definition) is 2. The molecule has 4 aromatic rings. The van der Waals surface area contributed by atoms with Gasteiger partial charge in [-0.15, -0.1) is 0 Å². The molecule has 2 N–H and O–H groups in total. The Morgan fingerprint density at radius 3 is 2.70 bits per heavy atom. The topological polar surface area (TPSA) is 103 Å². The number of nitrogens with zero attached hydrogens (tertiary/aromatic N) is 1. The molecular weight excluding hydrogens is 466 g/mol. The maximum absolute atomic E-state index is 12.9. The summed E-state index contributed by atoms with van der Waals surface area (Å²) < 4.78 is 23.5. The van der Waals surface area contributed by atoms with Crippen LogP contribution >= 0.6 is 23.6 Å². The minimum atomic E-state index is -0.338. The number of nitrogens with one attached hydrogen (secondary N) is 2. The van der Waals surface area contributed by atoms with E-state index in [2.05, 4.69) is 10.3 Å². The van der Waals surface area contributed by atoms with Gasteiger partial charge in [0.25, 0.3) is 11.5 Å². The monoisotopic (exact) mass is 485 g/mol. The number of thiazole rings is 1. The number of H-pyrrole nitrogens is 1. The normalized spacial score (nSPS) is 12.3. The first kappa shape index (κ1) is 21.3. The van der Waals surface area contributed by atoms with Crippen molar-refractivity contribution in [3.05, 3.63) is 55.1 Å². The van der Waals surface area contributed by atoms with Crippen LogP contribution in [0.4, 0.5) is 0 Å². The van der Waals surface area contributed by atoms with E-state index in [1.54, 1.807) is 30.8 Å². The highest BCUT2D eigenvalue weighted by molar-refractivity contribution is 7.73. The molecule has 0 saturated carbocycles. The van der Waals surface area contributed by atoms with Crippen molar-refractivity contribution in [3.63, 3.8) is 0 Å². The van der Waals surface area contributed by atoms with E-state index in [1.807, 2.05) is 18.2 Å². The lowest BCUT2D eigenvalue weighted by Gasteiger charge is -2.10. The summed E-state index contributed by atoms with van der Waals surface area (Å²) in [5.41, 5.74) is 1.56. The molecule has 0 atom stereocenters. The minimum Gasteiger partial charge on any atom is -0.493 e. The molecule has 3 heterocycles. The number of carbonyl (C=O) groups excluding carboxylic acids is 1. The van der Waals surface area contributed by atoms with Gasteiger partial charge in [-0.3, -0.25) is 14.0 Å². The van der Waals surface area contributed by atoms with Gasteiger partial charge in [-0.2, -0.15) is 0 Å². The summed E-state index contributed by atoms with van der Waals surface area (Å²) in [6, 6.07) is 8.94. The average Bonchev–Trinajstić information content (AvgIpc) is 3.41. The van der Waals surface area contributed by atoms with Crippen LogP contribution in [0.25, 0.3) is 16.6 Å². The zero-order chi connectivity index (χ0) is 23.1. The molecule has 170 valence electrons. The van der Waals surface area contributed by atoms with E-state index in [0.29, 0.717) is 61.3 Å². The van der Waals surface area contributed by atoms with Gasteiger partial charge < -0.3 is 29.2 Å². The van der Waals surface area contributed by atoms with Crippen LogP contribution in [0, 0.1) is 3.95 Å². The molecule has 1 aliphatic heterocycles. The Hall–Kier alpha value is -3.57. The third kappa shape index (κ3) is 3.68. The molecule has 1 aliphatic rings. The largest absolute Gasteiger partial charge is 0.493 e. The van der Waals surface area contributed by atoms with E-state index in [-0.39, 0.29) is 18.3 Å².